The van der Waals surface area contributed by atoms with Crippen LogP contribution < -0.4 is 5.32 Å². The summed E-state index contributed by atoms with van der Waals surface area (Å²) in [6.45, 7) is 1.05. The van der Waals surface area contributed by atoms with Crippen LogP contribution in [0.5, 0.6) is 0 Å². The molecule has 0 spiro atoms. The molecule has 19 heavy (non-hydrogen) atoms. The molecule has 1 N–H and O–H groups in total. The van der Waals surface area contributed by atoms with Crippen LogP contribution in [0, 0.1) is 0 Å². The van der Waals surface area contributed by atoms with Gasteiger partial charge in [0.2, 0.25) is 6.79 Å². The van der Waals surface area contributed by atoms with Crippen molar-refractivity contribution in [2.24, 2.45) is 0 Å². The first-order valence-corrected chi connectivity index (χ1v) is 6.06. The normalized spacial score (nSPS) is 14.4. The average molecular weight is 261 g/mol. The molecule has 0 saturated heterocycles. The summed E-state index contributed by atoms with van der Waals surface area (Å²) in [7, 11) is 0. The standard InChI is InChI=1S/C14H15NO4/c16-13(11-4-2-1-3-5-11)18-10-19-14(17)12-6-8-15-9-7-12/h1-6,15H,7-10H2. The number of rotatable bonds is 4. The van der Waals surface area contributed by atoms with Crippen LogP contribution in [0.2, 0.25) is 0 Å². The van der Waals surface area contributed by atoms with Gasteiger partial charge in [0.05, 0.1) is 5.56 Å². The Morgan fingerprint density at radius 3 is 2.53 bits per heavy atom. The predicted octanol–water partition coefficient (Wildman–Crippen LogP) is 1.26. The Kier molecular flexibility index (Phi) is 4.69. The Balaban J connectivity index is 1.76. The minimum absolute atomic E-state index is 0.364. The van der Waals surface area contributed by atoms with Crippen molar-refractivity contribution in [3.05, 3.63) is 47.5 Å². The maximum Gasteiger partial charge on any atom is 0.340 e. The molecule has 0 aromatic heterocycles. The summed E-state index contributed by atoms with van der Waals surface area (Å²) in [6.07, 6.45) is 2.41. The fraction of sp³-hybridized carbons (Fsp3) is 0.286. The number of hydrogen-bond donors (Lipinski definition) is 1. The lowest BCUT2D eigenvalue weighted by Crippen LogP contribution is -2.24. The largest absolute Gasteiger partial charge is 0.424 e. The Bertz CT molecular complexity index is 481. The number of carbonyl (C=O) groups is 2. The van der Waals surface area contributed by atoms with E-state index in [0.717, 1.165) is 6.54 Å². The Labute approximate surface area is 111 Å². The Morgan fingerprint density at radius 2 is 1.84 bits per heavy atom. The van der Waals surface area contributed by atoms with Gasteiger partial charge < -0.3 is 14.8 Å². The van der Waals surface area contributed by atoms with Crippen LogP contribution in [-0.4, -0.2) is 31.8 Å². The van der Waals surface area contributed by atoms with Gasteiger partial charge in [0.25, 0.3) is 0 Å². The third kappa shape index (κ3) is 3.93. The number of ether oxygens (including phenoxy) is 2. The molecule has 100 valence electrons. The van der Waals surface area contributed by atoms with Crippen molar-refractivity contribution in [3.8, 4) is 0 Å². The van der Waals surface area contributed by atoms with Gasteiger partial charge in [-0.25, -0.2) is 9.59 Å². The maximum absolute atomic E-state index is 11.6. The lowest BCUT2D eigenvalue weighted by atomic mass is 10.1. The zero-order valence-corrected chi connectivity index (χ0v) is 10.4. The van der Waals surface area contributed by atoms with E-state index in [1.807, 2.05) is 0 Å². The molecule has 0 aliphatic carbocycles. The molecule has 0 amide bonds. The van der Waals surface area contributed by atoms with Crippen molar-refractivity contribution in [3.63, 3.8) is 0 Å². The molecule has 0 atom stereocenters. The number of nitrogens with one attached hydrogen (secondary N) is 1. The molecule has 1 aromatic rings. The van der Waals surface area contributed by atoms with Crippen LogP contribution in [0.3, 0.4) is 0 Å². The van der Waals surface area contributed by atoms with Crippen molar-refractivity contribution in [2.45, 2.75) is 6.42 Å². The molecule has 1 aromatic carbocycles. The minimum atomic E-state index is -0.507. The highest BCUT2D eigenvalue weighted by atomic mass is 16.7. The molecule has 0 fully saturated rings. The SMILES string of the molecule is O=C(OCOC(=O)c1ccccc1)C1=CCNCC1. The molecule has 1 heterocycles. The summed E-state index contributed by atoms with van der Waals surface area (Å²) in [4.78, 5) is 23.2. The molecule has 5 nitrogen and oxygen atoms in total. The molecule has 5 heteroatoms. The highest BCUT2D eigenvalue weighted by Gasteiger charge is 2.14. The van der Waals surface area contributed by atoms with Gasteiger partial charge >= 0.3 is 11.9 Å². The highest BCUT2D eigenvalue weighted by Crippen LogP contribution is 2.07. The van der Waals surface area contributed by atoms with Crippen LogP contribution >= 0.6 is 0 Å². The summed E-state index contributed by atoms with van der Waals surface area (Å²) < 4.78 is 9.76. The van der Waals surface area contributed by atoms with Crippen LogP contribution in [0.25, 0.3) is 0 Å². The van der Waals surface area contributed by atoms with Gasteiger partial charge in [0, 0.05) is 12.1 Å². The third-order valence-corrected chi connectivity index (χ3v) is 2.72. The smallest absolute Gasteiger partial charge is 0.340 e. The van der Waals surface area contributed by atoms with Crippen molar-refractivity contribution >= 4 is 11.9 Å². The molecule has 1 aliphatic heterocycles. The van der Waals surface area contributed by atoms with Crippen molar-refractivity contribution < 1.29 is 19.1 Å². The predicted molar refractivity (Wildman–Crippen MR) is 68.4 cm³/mol. The second-order valence-corrected chi connectivity index (χ2v) is 4.03. The summed E-state index contributed by atoms with van der Waals surface area (Å²) in [5.74, 6) is -0.935. The highest BCUT2D eigenvalue weighted by molar-refractivity contribution is 5.90. The second-order valence-electron chi connectivity index (χ2n) is 4.03. The van der Waals surface area contributed by atoms with Gasteiger partial charge in [-0.3, -0.25) is 0 Å². The second kappa shape index (κ2) is 6.70. The summed E-state index contributed by atoms with van der Waals surface area (Å²) in [5, 5.41) is 3.10. The summed E-state index contributed by atoms with van der Waals surface area (Å²) in [5.41, 5.74) is 1.05. The Morgan fingerprint density at radius 1 is 1.11 bits per heavy atom. The number of carbonyl (C=O) groups excluding carboxylic acids is 2. The average Bonchev–Trinajstić information content (AvgIpc) is 2.49. The van der Waals surface area contributed by atoms with Gasteiger partial charge in [0.1, 0.15) is 0 Å². The minimum Gasteiger partial charge on any atom is -0.424 e. The fourth-order valence-corrected chi connectivity index (χ4v) is 1.69. The zero-order valence-electron chi connectivity index (χ0n) is 10.4. The van der Waals surface area contributed by atoms with Gasteiger partial charge in [-0.15, -0.1) is 0 Å². The maximum atomic E-state index is 11.6. The van der Waals surface area contributed by atoms with E-state index in [9.17, 15) is 9.59 Å². The van der Waals surface area contributed by atoms with E-state index in [4.69, 9.17) is 9.47 Å². The van der Waals surface area contributed by atoms with Crippen molar-refractivity contribution in [1.82, 2.24) is 5.32 Å². The summed E-state index contributed by atoms with van der Waals surface area (Å²) >= 11 is 0. The zero-order chi connectivity index (χ0) is 13.5. The van der Waals surface area contributed by atoms with E-state index in [1.54, 1.807) is 36.4 Å². The lowest BCUT2D eigenvalue weighted by molar-refractivity contribution is -0.147. The molecular weight excluding hydrogens is 246 g/mol. The molecule has 1 aliphatic rings. The van der Waals surface area contributed by atoms with E-state index < -0.39 is 11.9 Å². The van der Waals surface area contributed by atoms with Gasteiger partial charge in [-0.2, -0.15) is 0 Å². The molecule has 0 saturated carbocycles. The lowest BCUT2D eigenvalue weighted by Gasteiger charge is -2.13. The Hall–Kier alpha value is -2.14. The molecule has 2 rings (SSSR count). The van der Waals surface area contributed by atoms with Gasteiger partial charge in [-0.1, -0.05) is 24.3 Å². The first kappa shape index (κ1) is 13.3. The van der Waals surface area contributed by atoms with Crippen LogP contribution in [0.15, 0.2) is 42.0 Å². The monoisotopic (exact) mass is 261 g/mol. The van der Waals surface area contributed by atoms with Crippen LogP contribution in [-0.2, 0) is 14.3 Å². The fourth-order valence-electron chi connectivity index (χ4n) is 1.69. The number of benzene rings is 1. The number of hydrogen-bond acceptors (Lipinski definition) is 5. The van der Waals surface area contributed by atoms with E-state index in [1.165, 1.54) is 0 Å². The van der Waals surface area contributed by atoms with Gasteiger partial charge in [0.15, 0.2) is 0 Å². The van der Waals surface area contributed by atoms with E-state index >= 15 is 0 Å². The van der Waals surface area contributed by atoms with E-state index in [2.05, 4.69) is 5.32 Å². The number of esters is 2. The molecular formula is C14H15NO4. The first-order chi connectivity index (χ1) is 9.27. The van der Waals surface area contributed by atoms with Crippen LogP contribution in [0.4, 0.5) is 0 Å². The van der Waals surface area contributed by atoms with Crippen molar-refractivity contribution in [1.29, 1.82) is 0 Å². The molecule has 0 unspecified atom stereocenters. The summed E-state index contributed by atoms with van der Waals surface area (Å²) in [6, 6.07) is 8.56. The van der Waals surface area contributed by atoms with E-state index in [0.29, 0.717) is 24.1 Å². The molecule has 0 radical (unpaired) electrons. The van der Waals surface area contributed by atoms with Gasteiger partial charge in [-0.05, 0) is 25.1 Å². The first-order valence-electron chi connectivity index (χ1n) is 6.06. The third-order valence-electron chi connectivity index (χ3n) is 2.72. The quantitative estimate of drug-likeness (QED) is 0.653. The topological polar surface area (TPSA) is 64.6 Å². The van der Waals surface area contributed by atoms with Crippen LogP contribution in [0.1, 0.15) is 16.8 Å². The van der Waals surface area contributed by atoms with Crippen molar-refractivity contribution in [2.75, 3.05) is 19.9 Å². The van der Waals surface area contributed by atoms with E-state index in [-0.39, 0.29) is 6.79 Å². The molecule has 0 bridgehead atoms.